The molecule has 2 atom stereocenters. The number of hydrogen-bond donors (Lipinski definition) is 1. The van der Waals surface area contributed by atoms with Gasteiger partial charge in [-0.05, 0) is 25.7 Å². The molecule has 4 heteroatoms. The fourth-order valence-electron chi connectivity index (χ4n) is 3.21. The van der Waals surface area contributed by atoms with Gasteiger partial charge in [0.2, 0.25) is 11.8 Å². The SMILES string of the molecule is CCC(CC)(CN)N1C(=O)[C@H]2CC=CC[C@H]2C1=O. The zero-order valence-corrected chi connectivity index (χ0v) is 11.2. The van der Waals surface area contributed by atoms with Gasteiger partial charge >= 0.3 is 0 Å². The maximum atomic E-state index is 12.5. The van der Waals surface area contributed by atoms with E-state index in [0.29, 0.717) is 19.4 Å². The van der Waals surface area contributed by atoms with E-state index >= 15 is 0 Å². The van der Waals surface area contributed by atoms with Crippen molar-refractivity contribution >= 4 is 11.8 Å². The third-order valence-electron chi connectivity index (χ3n) is 4.68. The summed E-state index contributed by atoms with van der Waals surface area (Å²) in [6.07, 6.45) is 6.87. The third kappa shape index (κ3) is 1.70. The van der Waals surface area contributed by atoms with Crippen molar-refractivity contribution in [2.75, 3.05) is 6.54 Å². The van der Waals surface area contributed by atoms with E-state index in [2.05, 4.69) is 0 Å². The average molecular weight is 250 g/mol. The zero-order valence-electron chi connectivity index (χ0n) is 11.2. The van der Waals surface area contributed by atoms with Crippen LogP contribution in [0.3, 0.4) is 0 Å². The van der Waals surface area contributed by atoms with Gasteiger partial charge < -0.3 is 5.73 Å². The quantitative estimate of drug-likeness (QED) is 0.607. The average Bonchev–Trinajstić information content (AvgIpc) is 2.67. The van der Waals surface area contributed by atoms with E-state index in [1.807, 2.05) is 26.0 Å². The van der Waals surface area contributed by atoms with Gasteiger partial charge in [0, 0.05) is 6.54 Å². The van der Waals surface area contributed by atoms with Crippen LogP contribution < -0.4 is 5.73 Å². The van der Waals surface area contributed by atoms with Crippen LogP contribution in [0.4, 0.5) is 0 Å². The van der Waals surface area contributed by atoms with Crippen molar-refractivity contribution in [2.45, 2.75) is 45.1 Å². The summed E-state index contributed by atoms with van der Waals surface area (Å²) < 4.78 is 0. The molecule has 0 spiro atoms. The van der Waals surface area contributed by atoms with Crippen LogP contribution >= 0.6 is 0 Å². The van der Waals surface area contributed by atoms with Crippen LogP contribution in [0.15, 0.2) is 12.2 Å². The number of nitrogens with zero attached hydrogens (tertiary/aromatic N) is 1. The first kappa shape index (κ1) is 13.3. The predicted molar refractivity (Wildman–Crippen MR) is 69.6 cm³/mol. The summed E-state index contributed by atoms with van der Waals surface area (Å²) in [6.45, 7) is 4.35. The second-order valence-corrected chi connectivity index (χ2v) is 5.30. The first-order valence-corrected chi connectivity index (χ1v) is 6.84. The van der Waals surface area contributed by atoms with Crippen molar-refractivity contribution in [3.63, 3.8) is 0 Å². The molecule has 2 rings (SSSR count). The van der Waals surface area contributed by atoms with Crippen LogP contribution in [0.1, 0.15) is 39.5 Å². The summed E-state index contributed by atoms with van der Waals surface area (Å²) in [6, 6.07) is 0. The van der Waals surface area contributed by atoms with Crippen molar-refractivity contribution in [2.24, 2.45) is 17.6 Å². The topological polar surface area (TPSA) is 63.4 Å². The summed E-state index contributed by atoms with van der Waals surface area (Å²) in [5.74, 6) is -0.315. The van der Waals surface area contributed by atoms with E-state index in [1.54, 1.807) is 0 Å². The molecule has 4 nitrogen and oxygen atoms in total. The molecule has 1 saturated heterocycles. The highest BCUT2D eigenvalue weighted by Gasteiger charge is 2.53. The minimum atomic E-state index is -0.481. The number of allylic oxidation sites excluding steroid dienone is 2. The van der Waals surface area contributed by atoms with Gasteiger partial charge in [0.25, 0.3) is 0 Å². The molecule has 18 heavy (non-hydrogen) atoms. The number of carbonyl (C=O) groups excluding carboxylic acids is 2. The lowest BCUT2D eigenvalue weighted by Gasteiger charge is -2.38. The number of imide groups is 1. The Labute approximate surface area is 108 Å². The van der Waals surface area contributed by atoms with Gasteiger partial charge in [-0.1, -0.05) is 26.0 Å². The van der Waals surface area contributed by atoms with Crippen LogP contribution in [0.2, 0.25) is 0 Å². The molecule has 1 fully saturated rings. The minimum absolute atomic E-state index is 0.0106. The third-order valence-corrected chi connectivity index (χ3v) is 4.68. The molecule has 2 amide bonds. The molecule has 2 aliphatic rings. The number of rotatable bonds is 4. The molecule has 0 aromatic rings. The predicted octanol–water partition coefficient (Wildman–Crippen LogP) is 1.46. The van der Waals surface area contributed by atoms with E-state index in [0.717, 1.165) is 12.8 Å². The molecule has 0 saturated carbocycles. The molecule has 0 unspecified atom stereocenters. The number of nitrogens with two attached hydrogens (primary N) is 1. The second kappa shape index (κ2) is 4.84. The van der Waals surface area contributed by atoms with Crippen LogP contribution in [0.5, 0.6) is 0 Å². The van der Waals surface area contributed by atoms with Crippen molar-refractivity contribution in [3.8, 4) is 0 Å². The highest BCUT2D eigenvalue weighted by molar-refractivity contribution is 6.06. The fourth-order valence-corrected chi connectivity index (χ4v) is 3.21. The van der Waals surface area contributed by atoms with Gasteiger partial charge in [0.15, 0.2) is 0 Å². The van der Waals surface area contributed by atoms with E-state index < -0.39 is 5.54 Å². The van der Waals surface area contributed by atoms with Crippen molar-refractivity contribution in [1.29, 1.82) is 0 Å². The minimum Gasteiger partial charge on any atom is -0.328 e. The monoisotopic (exact) mass is 250 g/mol. The van der Waals surface area contributed by atoms with Crippen LogP contribution in [-0.2, 0) is 9.59 Å². The summed E-state index contributed by atoms with van der Waals surface area (Å²) in [5, 5.41) is 0. The second-order valence-electron chi connectivity index (χ2n) is 5.30. The Morgan fingerprint density at radius 2 is 1.61 bits per heavy atom. The van der Waals surface area contributed by atoms with Crippen LogP contribution in [-0.4, -0.2) is 28.8 Å². The van der Waals surface area contributed by atoms with Gasteiger partial charge in [-0.3, -0.25) is 14.5 Å². The van der Waals surface area contributed by atoms with Gasteiger partial charge in [0.1, 0.15) is 0 Å². The van der Waals surface area contributed by atoms with Crippen LogP contribution in [0, 0.1) is 11.8 Å². The number of likely N-dealkylation sites (tertiary alicyclic amines) is 1. The van der Waals surface area contributed by atoms with E-state index in [-0.39, 0.29) is 23.7 Å². The van der Waals surface area contributed by atoms with E-state index in [4.69, 9.17) is 5.73 Å². The van der Waals surface area contributed by atoms with Crippen molar-refractivity contribution in [3.05, 3.63) is 12.2 Å². The standard InChI is InChI=1S/C14H22N2O2/c1-3-14(4-2,9-15)16-12(17)10-7-5-6-8-11(10)13(16)18/h5-6,10-11H,3-4,7-9,15H2,1-2H3/t10-,11+. The Morgan fingerprint density at radius 1 is 1.17 bits per heavy atom. The molecule has 1 heterocycles. The zero-order chi connectivity index (χ0) is 13.3. The highest BCUT2D eigenvalue weighted by Crippen LogP contribution is 2.40. The Bertz CT molecular complexity index is 351. The smallest absolute Gasteiger partial charge is 0.233 e. The molecular formula is C14H22N2O2. The number of amides is 2. The molecule has 0 bridgehead atoms. The number of fused-ring (bicyclic) bond motifs is 1. The van der Waals surface area contributed by atoms with Gasteiger partial charge in [-0.15, -0.1) is 0 Å². The van der Waals surface area contributed by atoms with Crippen molar-refractivity contribution < 1.29 is 9.59 Å². The summed E-state index contributed by atoms with van der Waals surface area (Å²) in [7, 11) is 0. The Morgan fingerprint density at radius 3 is 1.94 bits per heavy atom. The molecule has 1 aliphatic heterocycles. The Hall–Kier alpha value is -1.16. The lowest BCUT2D eigenvalue weighted by Crippen LogP contribution is -2.56. The molecule has 100 valence electrons. The van der Waals surface area contributed by atoms with Gasteiger partial charge in [-0.2, -0.15) is 0 Å². The molecule has 0 radical (unpaired) electrons. The molecule has 0 aromatic heterocycles. The van der Waals surface area contributed by atoms with Gasteiger partial charge in [0.05, 0.1) is 17.4 Å². The number of hydrogen-bond acceptors (Lipinski definition) is 3. The first-order chi connectivity index (χ1) is 8.61. The largest absolute Gasteiger partial charge is 0.328 e. The van der Waals surface area contributed by atoms with Crippen molar-refractivity contribution in [1.82, 2.24) is 4.90 Å². The summed E-state index contributed by atoms with van der Waals surface area (Å²) >= 11 is 0. The molecule has 2 N–H and O–H groups in total. The van der Waals surface area contributed by atoms with Gasteiger partial charge in [-0.25, -0.2) is 0 Å². The first-order valence-electron chi connectivity index (χ1n) is 6.84. The normalized spacial score (nSPS) is 27.8. The fraction of sp³-hybridized carbons (Fsp3) is 0.714. The van der Waals surface area contributed by atoms with E-state index in [9.17, 15) is 9.59 Å². The lowest BCUT2D eigenvalue weighted by molar-refractivity contribution is -0.147. The Kier molecular flexibility index (Phi) is 3.57. The molecule has 0 aromatic carbocycles. The highest BCUT2D eigenvalue weighted by atomic mass is 16.2. The molecular weight excluding hydrogens is 228 g/mol. The Balaban J connectivity index is 2.35. The van der Waals surface area contributed by atoms with Crippen LogP contribution in [0.25, 0.3) is 0 Å². The number of carbonyl (C=O) groups is 2. The van der Waals surface area contributed by atoms with E-state index in [1.165, 1.54) is 4.90 Å². The summed E-state index contributed by atoms with van der Waals surface area (Å²) in [4.78, 5) is 26.5. The summed E-state index contributed by atoms with van der Waals surface area (Å²) in [5.41, 5.74) is 5.38. The maximum absolute atomic E-state index is 12.5. The maximum Gasteiger partial charge on any atom is 0.233 e. The molecule has 1 aliphatic carbocycles. The lowest BCUT2D eigenvalue weighted by atomic mass is 9.85.